The summed E-state index contributed by atoms with van der Waals surface area (Å²) >= 11 is 0. The molecule has 2 fully saturated rings. The fourth-order valence-corrected chi connectivity index (χ4v) is 6.41. The number of aliphatic hydroxyl groups is 3. The van der Waals surface area contributed by atoms with E-state index in [2.05, 4.69) is 20.6 Å². The van der Waals surface area contributed by atoms with Gasteiger partial charge < -0.3 is 25.0 Å². The van der Waals surface area contributed by atoms with Crippen molar-refractivity contribution < 1.29 is 33.6 Å². The molecule has 1 amide bonds. The Balaban J connectivity index is 1.19. The van der Waals surface area contributed by atoms with Crippen LogP contribution in [-0.4, -0.2) is 100 Å². The molecule has 14 heteroatoms. The highest BCUT2D eigenvalue weighted by Crippen LogP contribution is 2.35. The Bertz CT molecular complexity index is 1620. The molecule has 0 spiro atoms. The fourth-order valence-electron chi connectivity index (χ4n) is 6.41. The van der Waals surface area contributed by atoms with Crippen molar-refractivity contribution in [3.63, 3.8) is 0 Å². The van der Waals surface area contributed by atoms with Gasteiger partial charge in [-0.2, -0.15) is 0 Å². The van der Waals surface area contributed by atoms with Gasteiger partial charge in [-0.05, 0) is 49.9 Å². The first-order chi connectivity index (χ1) is 21.8. The van der Waals surface area contributed by atoms with E-state index < -0.39 is 36.8 Å². The second-order valence-electron chi connectivity index (χ2n) is 11.6. The molecule has 2 aromatic heterocycles. The van der Waals surface area contributed by atoms with E-state index in [1.165, 1.54) is 28.9 Å². The van der Waals surface area contributed by atoms with E-state index >= 15 is 0 Å². The monoisotopic (exact) mass is 623 g/mol. The number of halogens is 2. The van der Waals surface area contributed by atoms with Crippen molar-refractivity contribution in [2.75, 3.05) is 19.8 Å². The van der Waals surface area contributed by atoms with Crippen LogP contribution in [0, 0.1) is 11.6 Å². The van der Waals surface area contributed by atoms with E-state index in [4.69, 9.17) is 4.74 Å². The fraction of sp³-hybridized carbons (Fsp3) is 0.452. The van der Waals surface area contributed by atoms with Crippen LogP contribution in [0.2, 0.25) is 0 Å². The molecule has 12 nitrogen and oxygen atoms in total. The highest BCUT2D eigenvalue weighted by atomic mass is 19.1. The van der Waals surface area contributed by atoms with Gasteiger partial charge in [-0.15, -0.1) is 10.2 Å². The minimum absolute atomic E-state index is 0.0423. The molecular weight excluding hydrogens is 588 g/mol. The van der Waals surface area contributed by atoms with Crippen molar-refractivity contribution >= 4 is 5.91 Å². The number of amides is 1. The zero-order valence-electron chi connectivity index (χ0n) is 24.4. The number of benzene rings is 2. The molecule has 45 heavy (non-hydrogen) atoms. The second-order valence-corrected chi connectivity index (χ2v) is 11.6. The molecule has 1 aliphatic carbocycles. The summed E-state index contributed by atoms with van der Waals surface area (Å²) in [5, 5.41) is 47.8. The van der Waals surface area contributed by atoms with Crippen molar-refractivity contribution in [1.82, 2.24) is 34.9 Å². The summed E-state index contributed by atoms with van der Waals surface area (Å²) in [6, 6.07) is 11.0. The van der Waals surface area contributed by atoms with Crippen LogP contribution in [0.5, 0.6) is 0 Å². The average Bonchev–Trinajstić information content (AvgIpc) is 3.75. The minimum atomic E-state index is -1.19. The number of aliphatic hydroxyl groups excluding tert-OH is 3. The lowest BCUT2D eigenvalue weighted by Crippen LogP contribution is -2.55. The molecule has 1 saturated carbocycles. The van der Waals surface area contributed by atoms with E-state index in [9.17, 15) is 28.9 Å². The molecule has 2 aromatic carbocycles. The van der Waals surface area contributed by atoms with Crippen molar-refractivity contribution in [2.45, 2.75) is 68.5 Å². The summed E-state index contributed by atoms with van der Waals surface area (Å²) in [6.45, 7) is -0.716. The summed E-state index contributed by atoms with van der Waals surface area (Å²) in [5.41, 5.74) is 2.06. The third-order valence-corrected chi connectivity index (χ3v) is 8.68. The van der Waals surface area contributed by atoms with E-state index in [1.807, 2.05) is 0 Å². The number of carbonyl (C=O) groups is 1. The van der Waals surface area contributed by atoms with Crippen molar-refractivity contribution in [1.29, 1.82) is 0 Å². The Labute approximate surface area is 257 Å². The van der Waals surface area contributed by atoms with Gasteiger partial charge in [0.2, 0.25) is 0 Å². The van der Waals surface area contributed by atoms with Gasteiger partial charge in [-0.25, -0.2) is 18.1 Å². The summed E-state index contributed by atoms with van der Waals surface area (Å²) in [7, 11) is 0. The maximum absolute atomic E-state index is 14.0. The number of hydrogen-bond acceptors (Lipinski definition) is 9. The Hall–Kier alpha value is -4.11. The van der Waals surface area contributed by atoms with Crippen molar-refractivity contribution in [2.24, 2.45) is 0 Å². The van der Waals surface area contributed by atoms with Crippen LogP contribution in [0.15, 0.2) is 60.9 Å². The third kappa shape index (κ3) is 6.64. The maximum atomic E-state index is 14.0. The van der Waals surface area contributed by atoms with Gasteiger partial charge in [-0.1, -0.05) is 34.7 Å². The SMILES string of the molecule is O=C([C@H]1C[C@@H](n2cc(-c3cccc(F)c3)nn2)[C@@H](O)[C@@H](CO)O1)N(CCO)[C@@H]1CCC[C@H](n2cc(-c3cccc(F)c3)nn2)C1. The van der Waals surface area contributed by atoms with Crippen LogP contribution < -0.4 is 0 Å². The van der Waals surface area contributed by atoms with Gasteiger partial charge in [0.15, 0.2) is 0 Å². The Morgan fingerprint density at radius 1 is 0.933 bits per heavy atom. The lowest BCUT2D eigenvalue weighted by Gasteiger charge is -2.42. The van der Waals surface area contributed by atoms with E-state index in [-0.39, 0.29) is 43.4 Å². The quantitative estimate of drug-likeness (QED) is 0.256. The molecule has 0 radical (unpaired) electrons. The van der Waals surface area contributed by atoms with Crippen LogP contribution in [0.3, 0.4) is 0 Å². The smallest absolute Gasteiger partial charge is 0.252 e. The van der Waals surface area contributed by atoms with E-state index in [0.29, 0.717) is 35.4 Å². The largest absolute Gasteiger partial charge is 0.395 e. The van der Waals surface area contributed by atoms with Gasteiger partial charge in [0.1, 0.15) is 41.3 Å². The number of hydrogen-bond donors (Lipinski definition) is 3. The molecule has 3 heterocycles. The van der Waals surface area contributed by atoms with Gasteiger partial charge in [0.25, 0.3) is 5.91 Å². The first-order valence-corrected chi connectivity index (χ1v) is 15.1. The molecule has 1 saturated heterocycles. The molecule has 6 rings (SSSR count). The van der Waals surface area contributed by atoms with Crippen molar-refractivity contribution in [3.8, 4) is 22.5 Å². The number of ether oxygens (including phenoxy) is 1. The highest BCUT2D eigenvalue weighted by Gasteiger charge is 2.44. The lowest BCUT2D eigenvalue weighted by molar-refractivity contribution is -0.181. The second kappa shape index (κ2) is 13.5. The number of carbonyl (C=O) groups excluding carboxylic acids is 1. The lowest BCUT2D eigenvalue weighted by atomic mass is 9.88. The van der Waals surface area contributed by atoms with Crippen LogP contribution in [0.1, 0.15) is 44.2 Å². The normalized spacial score (nSPS) is 25.3. The predicted molar refractivity (Wildman–Crippen MR) is 156 cm³/mol. The van der Waals surface area contributed by atoms with Crippen LogP contribution in [0.4, 0.5) is 8.78 Å². The Kier molecular flexibility index (Phi) is 9.26. The first kappa shape index (κ1) is 30.9. The summed E-state index contributed by atoms with van der Waals surface area (Å²) in [5.74, 6) is -1.16. The maximum Gasteiger partial charge on any atom is 0.252 e. The number of nitrogens with zero attached hydrogens (tertiary/aromatic N) is 7. The summed E-state index contributed by atoms with van der Waals surface area (Å²) in [6.07, 6.45) is 2.97. The number of rotatable bonds is 9. The Morgan fingerprint density at radius 2 is 1.58 bits per heavy atom. The molecule has 0 unspecified atom stereocenters. The predicted octanol–water partition coefficient (Wildman–Crippen LogP) is 2.54. The van der Waals surface area contributed by atoms with Crippen molar-refractivity contribution in [3.05, 3.63) is 72.6 Å². The molecule has 6 atom stereocenters. The molecule has 2 aliphatic rings. The first-order valence-electron chi connectivity index (χ1n) is 15.1. The van der Waals surface area contributed by atoms with Crippen LogP contribution in [-0.2, 0) is 9.53 Å². The third-order valence-electron chi connectivity index (χ3n) is 8.68. The van der Waals surface area contributed by atoms with Gasteiger partial charge >= 0.3 is 0 Å². The van der Waals surface area contributed by atoms with Gasteiger partial charge in [0, 0.05) is 30.1 Å². The molecule has 3 N–H and O–H groups in total. The zero-order chi connectivity index (χ0) is 31.5. The van der Waals surface area contributed by atoms with Crippen LogP contribution >= 0.6 is 0 Å². The van der Waals surface area contributed by atoms with E-state index in [0.717, 1.165) is 12.8 Å². The van der Waals surface area contributed by atoms with E-state index in [1.54, 1.807) is 46.2 Å². The molecular formula is C31H35F2N7O5. The van der Waals surface area contributed by atoms with Gasteiger partial charge in [-0.3, -0.25) is 4.79 Å². The molecule has 238 valence electrons. The Morgan fingerprint density at radius 3 is 2.20 bits per heavy atom. The summed E-state index contributed by atoms with van der Waals surface area (Å²) < 4.78 is 36.6. The standard InChI is InChI=1S/C31H35F2N7O5/c32-21-6-1-4-19(12-21)25-16-39(36-34-25)24-9-3-8-23(14-24)38(10-11-41)31(44)28-15-27(30(43)29(18-42)45-28)40-17-26(35-37-40)20-5-2-7-22(33)13-20/h1-2,4-7,12-13,16-17,23-24,27-30,41-43H,3,8-11,14-15,18H2/t23-,24+,27-,28-,29-,30-/m1/s1. The zero-order valence-corrected chi connectivity index (χ0v) is 24.4. The highest BCUT2D eigenvalue weighted by molar-refractivity contribution is 5.81. The topological polar surface area (TPSA) is 152 Å². The molecule has 1 aliphatic heterocycles. The molecule has 4 aromatic rings. The molecule has 0 bridgehead atoms. The minimum Gasteiger partial charge on any atom is -0.395 e. The van der Waals surface area contributed by atoms with Crippen LogP contribution in [0.25, 0.3) is 22.5 Å². The van der Waals surface area contributed by atoms with Gasteiger partial charge in [0.05, 0.1) is 37.7 Å². The average molecular weight is 624 g/mol. The number of aromatic nitrogens is 6. The summed E-state index contributed by atoms with van der Waals surface area (Å²) in [4.78, 5) is 15.6.